The highest BCUT2D eigenvalue weighted by Gasteiger charge is 2.17. The van der Waals surface area contributed by atoms with Crippen LogP contribution in [0.15, 0.2) is 36.4 Å². The van der Waals surface area contributed by atoms with Crippen LogP contribution in [0.1, 0.15) is 17.2 Å². The van der Waals surface area contributed by atoms with E-state index in [1.54, 1.807) is 43.5 Å². The van der Waals surface area contributed by atoms with Crippen molar-refractivity contribution in [1.82, 2.24) is 0 Å². The van der Waals surface area contributed by atoms with Crippen molar-refractivity contribution in [2.24, 2.45) is 0 Å². The number of ether oxygens (including phenoxy) is 1. The van der Waals surface area contributed by atoms with E-state index >= 15 is 0 Å². The molecule has 1 atom stereocenters. The second kappa shape index (κ2) is 5.70. The number of hydrogen-bond donors (Lipinski definition) is 2. The summed E-state index contributed by atoms with van der Waals surface area (Å²) in [4.78, 5) is 0. The highest BCUT2D eigenvalue weighted by Crippen LogP contribution is 2.34. The van der Waals surface area contributed by atoms with Crippen molar-refractivity contribution in [3.05, 3.63) is 57.6 Å². The van der Waals surface area contributed by atoms with Crippen molar-refractivity contribution >= 4 is 28.9 Å². The first-order chi connectivity index (χ1) is 9.02. The number of nitrogens with two attached hydrogens (primary N) is 1. The Labute approximate surface area is 121 Å². The van der Waals surface area contributed by atoms with Crippen LogP contribution < -0.4 is 10.5 Å². The molecule has 5 heteroatoms. The minimum Gasteiger partial charge on any atom is -0.497 e. The first-order valence-electron chi connectivity index (χ1n) is 5.59. The first-order valence-corrected chi connectivity index (χ1v) is 6.35. The Morgan fingerprint density at radius 1 is 1.11 bits per heavy atom. The molecule has 0 fully saturated rings. The Bertz CT molecular complexity index is 602. The van der Waals surface area contributed by atoms with Crippen LogP contribution in [0.5, 0.6) is 5.75 Å². The van der Waals surface area contributed by atoms with Gasteiger partial charge in [-0.3, -0.25) is 0 Å². The summed E-state index contributed by atoms with van der Waals surface area (Å²) in [5.41, 5.74) is 7.39. The maximum atomic E-state index is 10.4. The maximum Gasteiger partial charge on any atom is 0.120 e. The van der Waals surface area contributed by atoms with Gasteiger partial charge in [-0.05, 0) is 30.3 Å². The number of hydrogen-bond acceptors (Lipinski definition) is 3. The summed E-state index contributed by atoms with van der Waals surface area (Å²) in [6, 6.07) is 10.0. The van der Waals surface area contributed by atoms with E-state index in [0.717, 1.165) is 0 Å². The minimum atomic E-state index is -0.933. The number of nitrogen functional groups attached to an aromatic ring is 1. The van der Waals surface area contributed by atoms with E-state index in [-0.39, 0.29) is 0 Å². The molecule has 0 aliphatic rings. The van der Waals surface area contributed by atoms with Gasteiger partial charge in [0.25, 0.3) is 0 Å². The summed E-state index contributed by atoms with van der Waals surface area (Å²) in [5.74, 6) is 0.625. The molecule has 3 nitrogen and oxygen atoms in total. The Hall–Kier alpha value is -1.42. The van der Waals surface area contributed by atoms with E-state index in [9.17, 15) is 5.11 Å². The number of benzene rings is 2. The molecule has 0 aliphatic carbocycles. The van der Waals surface area contributed by atoms with Crippen molar-refractivity contribution in [3.63, 3.8) is 0 Å². The van der Waals surface area contributed by atoms with Crippen LogP contribution >= 0.6 is 23.2 Å². The molecule has 2 aromatic rings. The molecule has 0 amide bonds. The van der Waals surface area contributed by atoms with Crippen molar-refractivity contribution in [1.29, 1.82) is 0 Å². The fraction of sp³-hybridized carbons (Fsp3) is 0.143. The second-order valence-corrected chi connectivity index (χ2v) is 4.91. The summed E-state index contributed by atoms with van der Waals surface area (Å²) < 4.78 is 5.07. The van der Waals surface area contributed by atoms with Crippen LogP contribution in [0.3, 0.4) is 0 Å². The Morgan fingerprint density at radius 2 is 1.84 bits per heavy atom. The predicted molar refractivity (Wildman–Crippen MR) is 77.9 cm³/mol. The molecule has 2 aromatic carbocycles. The molecule has 100 valence electrons. The Kier molecular flexibility index (Phi) is 4.20. The van der Waals surface area contributed by atoms with Crippen LogP contribution in [0.25, 0.3) is 0 Å². The minimum absolute atomic E-state index is 0.409. The molecule has 19 heavy (non-hydrogen) atoms. The van der Waals surface area contributed by atoms with Gasteiger partial charge < -0.3 is 15.6 Å². The van der Waals surface area contributed by atoms with Gasteiger partial charge in [0.05, 0.1) is 12.1 Å². The zero-order valence-corrected chi connectivity index (χ0v) is 11.7. The first kappa shape index (κ1) is 14.0. The average molecular weight is 298 g/mol. The molecule has 3 N–H and O–H groups in total. The van der Waals surface area contributed by atoms with Gasteiger partial charge in [0.2, 0.25) is 0 Å². The maximum absolute atomic E-state index is 10.4. The van der Waals surface area contributed by atoms with E-state index in [1.165, 1.54) is 0 Å². The number of rotatable bonds is 3. The third kappa shape index (κ3) is 2.95. The third-order valence-electron chi connectivity index (χ3n) is 2.85. The van der Waals surface area contributed by atoms with Crippen molar-refractivity contribution in [2.75, 3.05) is 12.8 Å². The summed E-state index contributed by atoms with van der Waals surface area (Å²) in [5, 5.41) is 11.3. The number of aliphatic hydroxyl groups is 1. The molecule has 2 rings (SSSR count). The van der Waals surface area contributed by atoms with Crippen LogP contribution in [0, 0.1) is 0 Å². The lowest BCUT2D eigenvalue weighted by atomic mass is 10.00. The zero-order chi connectivity index (χ0) is 14.0. The van der Waals surface area contributed by atoms with Gasteiger partial charge in [-0.25, -0.2) is 0 Å². The quantitative estimate of drug-likeness (QED) is 0.850. The number of anilines is 1. The molecule has 0 saturated heterocycles. The lowest BCUT2D eigenvalue weighted by molar-refractivity contribution is 0.221. The molecule has 1 unspecified atom stereocenters. The van der Waals surface area contributed by atoms with E-state index in [0.29, 0.717) is 32.6 Å². The van der Waals surface area contributed by atoms with E-state index in [4.69, 9.17) is 33.7 Å². The molecule has 0 radical (unpaired) electrons. The molecule has 0 aromatic heterocycles. The third-order valence-corrected chi connectivity index (χ3v) is 3.41. The largest absolute Gasteiger partial charge is 0.497 e. The summed E-state index contributed by atoms with van der Waals surface area (Å²) >= 11 is 12.0. The Balaban J connectivity index is 2.43. The molecule has 0 aliphatic heterocycles. The number of methoxy groups -OCH3 is 1. The lowest BCUT2D eigenvalue weighted by Crippen LogP contribution is -2.04. The van der Waals surface area contributed by atoms with Gasteiger partial charge in [-0.15, -0.1) is 0 Å². The highest BCUT2D eigenvalue weighted by atomic mass is 35.5. The number of halogens is 2. The molecular weight excluding hydrogens is 285 g/mol. The van der Waals surface area contributed by atoms with Crippen LogP contribution in [0.4, 0.5) is 5.69 Å². The molecular formula is C14H13Cl2NO2. The van der Waals surface area contributed by atoms with E-state index in [1.807, 2.05) is 0 Å². The average Bonchev–Trinajstić information content (AvgIpc) is 2.40. The molecule has 0 spiro atoms. The van der Waals surface area contributed by atoms with Gasteiger partial charge >= 0.3 is 0 Å². The SMILES string of the molecule is COc1ccc(C(O)c2cc(Cl)ccc2N)c(Cl)c1. The summed E-state index contributed by atoms with van der Waals surface area (Å²) in [6.07, 6.45) is -0.933. The standard InChI is InChI=1S/C14H13Cl2NO2/c1-19-9-3-4-10(12(16)7-9)14(18)11-6-8(15)2-5-13(11)17/h2-7,14,18H,17H2,1H3. The van der Waals surface area contributed by atoms with Gasteiger partial charge in [-0.2, -0.15) is 0 Å². The molecule has 0 bridgehead atoms. The van der Waals surface area contributed by atoms with Crippen LogP contribution in [0.2, 0.25) is 10.0 Å². The normalized spacial score (nSPS) is 12.2. The van der Waals surface area contributed by atoms with Gasteiger partial charge in [0.1, 0.15) is 11.9 Å². The van der Waals surface area contributed by atoms with E-state index in [2.05, 4.69) is 0 Å². The van der Waals surface area contributed by atoms with Crippen molar-refractivity contribution in [2.45, 2.75) is 6.10 Å². The fourth-order valence-electron chi connectivity index (χ4n) is 1.81. The molecule has 0 heterocycles. The summed E-state index contributed by atoms with van der Waals surface area (Å²) in [6.45, 7) is 0. The lowest BCUT2D eigenvalue weighted by Gasteiger charge is -2.16. The van der Waals surface area contributed by atoms with E-state index < -0.39 is 6.10 Å². The van der Waals surface area contributed by atoms with Crippen LogP contribution in [-0.2, 0) is 0 Å². The zero-order valence-electron chi connectivity index (χ0n) is 10.2. The molecule has 0 saturated carbocycles. The highest BCUT2D eigenvalue weighted by molar-refractivity contribution is 6.31. The van der Waals surface area contributed by atoms with Gasteiger partial charge in [-0.1, -0.05) is 29.3 Å². The monoisotopic (exact) mass is 297 g/mol. The summed E-state index contributed by atoms with van der Waals surface area (Å²) in [7, 11) is 1.55. The second-order valence-electron chi connectivity index (χ2n) is 4.06. The predicted octanol–water partition coefficient (Wildman–Crippen LogP) is 3.67. The van der Waals surface area contributed by atoms with Gasteiger partial charge in [0, 0.05) is 21.8 Å². The number of aliphatic hydroxyl groups excluding tert-OH is 1. The van der Waals surface area contributed by atoms with Crippen LogP contribution in [-0.4, -0.2) is 12.2 Å². The Morgan fingerprint density at radius 3 is 2.47 bits per heavy atom. The van der Waals surface area contributed by atoms with Crippen molar-refractivity contribution < 1.29 is 9.84 Å². The topological polar surface area (TPSA) is 55.5 Å². The smallest absolute Gasteiger partial charge is 0.120 e. The van der Waals surface area contributed by atoms with Gasteiger partial charge in [0.15, 0.2) is 0 Å². The fourth-order valence-corrected chi connectivity index (χ4v) is 2.26. The van der Waals surface area contributed by atoms with Crippen molar-refractivity contribution in [3.8, 4) is 5.75 Å².